The van der Waals surface area contributed by atoms with Crippen molar-refractivity contribution in [2.24, 2.45) is 0 Å². The zero-order chi connectivity index (χ0) is 23.5. The Kier molecular flexibility index (Phi) is 8.94. The minimum atomic E-state index is -2.34. The molecule has 0 heterocycles. The van der Waals surface area contributed by atoms with E-state index in [1.54, 1.807) is 0 Å². The van der Waals surface area contributed by atoms with Crippen molar-refractivity contribution in [2.45, 2.75) is 45.2 Å². The van der Waals surface area contributed by atoms with Gasteiger partial charge in [0.25, 0.3) is 0 Å². The third-order valence-electron chi connectivity index (χ3n) is 6.73. The van der Waals surface area contributed by atoms with E-state index in [4.69, 9.17) is 4.74 Å². The first-order chi connectivity index (χ1) is 16.8. The van der Waals surface area contributed by atoms with E-state index in [2.05, 4.69) is 122 Å². The molecule has 4 rings (SSSR count). The molecule has 4 aromatic carbocycles. The number of ether oxygens (including phenoxy) is 1. The molecule has 0 amide bonds. The molecule has 0 aliphatic carbocycles. The van der Waals surface area contributed by atoms with Crippen LogP contribution in [0.3, 0.4) is 0 Å². The Morgan fingerprint density at radius 1 is 0.529 bits per heavy atom. The quantitative estimate of drug-likeness (QED) is 0.157. The Morgan fingerprint density at radius 2 is 1.00 bits per heavy atom. The summed E-state index contributed by atoms with van der Waals surface area (Å²) in [4.78, 5) is 0. The summed E-state index contributed by atoms with van der Waals surface area (Å²) in [5.41, 5.74) is 1.30. The summed E-state index contributed by atoms with van der Waals surface area (Å²) < 4.78 is 6.39. The van der Waals surface area contributed by atoms with Gasteiger partial charge in [-0.25, -0.2) is 0 Å². The summed E-state index contributed by atoms with van der Waals surface area (Å²) in [7, 11) is -2.34. The number of rotatable bonds is 12. The zero-order valence-electron chi connectivity index (χ0n) is 20.3. The molecule has 1 nitrogen and oxygen atoms in total. The van der Waals surface area contributed by atoms with Crippen molar-refractivity contribution in [1.82, 2.24) is 0 Å². The maximum atomic E-state index is 6.39. The molecule has 0 saturated heterocycles. The van der Waals surface area contributed by atoms with Crippen LogP contribution in [-0.2, 0) is 6.16 Å². The second-order valence-corrected chi connectivity index (χ2v) is 12.9. The van der Waals surface area contributed by atoms with E-state index in [-0.39, 0.29) is 0 Å². The van der Waals surface area contributed by atoms with Crippen LogP contribution in [0.25, 0.3) is 0 Å². The molecule has 0 unspecified atom stereocenters. The van der Waals surface area contributed by atoms with Crippen molar-refractivity contribution in [2.75, 3.05) is 6.61 Å². The summed E-state index contributed by atoms with van der Waals surface area (Å²) in [5.74, 6) is 1.04. The Bertz CT molecular complexity index is 1010. The summed E-state index contributed by atoms with van der Waals surface area (Å²) >= 11 is 0. The van der Waals surface area contributed by atoms with Crippen molar-refractivity contribution in [3.63, 3.8) is 0 Å². The maximum absolute atomic E-state index is 6.39. The fourth-order valence-electron chi connectivity index (χ4n) is 4.94. The Balaban J connectivity index is 1.74. The molecule has 4 aromatic rings. The van der Waals surface area contributed by atoms with Gasteiger partial charge in [-0.3, -0.25) is 0 Å². The van der Waals surface area contributed by atoms with Crippen molar-refractivity contribution >= 4 is 23.2 Å². The fraction of sp³-hybridized carbons (Fsp3) is 0.250. The van der Waals surface area contributed by atoms with Crippen LogP contribution in [0.4, 0.5) is 0 Å². The molecule has 0 N–H and O–H groups in total. The molecule has 0 aliphatic heterocycles. The van der Waals surface area contributed by atoms with E-state index in [1.807, 2.05) is 0 Å². The van der Waals surface area contributed by atoms with Crippen molar-refractivity contribution in [3.05, 3.63) is 121 Å². The number of hydrogen-bond donors (Lipinski definition) is 0. The second-order valence-electron chi connectivity index (χ2n) is 9.05. The molecule has 0 saturated carbocycles. The van der Waals surface area contributed by atoms with E-state index < -0.39 is 7.26 Å². The predicted octanol–water partition coefficient (Wildman–Crippen LogP) is 7.26. The average molecular weight is 469 g/mol. The van der Waals surface area contributed by atoms with Gasteiger partial charge in [-0.1, -0.05) is 0 Å². The van der Waals surface area contributed by atoms with Crippen LogP contribution in [0.5, 0.6) is 5.75 Å². The van der Waals surface area contributed by atoms with Crippen LogP contribution in [-0.4, -0.2) is 6.61 Å². The van der Waals surface area contributed by atoms with Crippen LogP contribution in [0, 0.1) is 0 Å². The van der Waals surface area contributed by atoms with Crippen LogP contribution in [0.2, 0.25) is 0 Å². The topological polar surface area (TPSA) is 9.23 Å². The Hall–Kier alpha value is -2.89. The van der Waals surface area contributed by atoms with Gasteiger partial charge >= 0.3 is 206 Å². The number of hydrogen-bond acceptors (Lipinski definition) is 1. The number of unbranched alkanes of at least 4 members (excludes halogenated alkanes) is 4. The summed E-state index contributed by atoms with van der Waals surface area (Å²) in [5, 5.41) is 4.30. The standard InChI is InChI=1S/C32H37OP/c1-2-3-4-5-17-26-33-32-25-16-15-18-28(32)27-34(29-19-9-6-10-20-29,30-21-11-7-12-22-30)31-23-13-8-14-24-31/h6-16,18-25,34H,2-5,17,26-27H2,1H3. The van der Waals surface area contributed by atoms with Crippen molar-refractivity contribution in [3.8, 4) is 5.75 Å². The van der Waals surface area contributed by atoms with Crippen LogP contribution in [0.15, 0.2) is 115 Å². The third-order valence-corrected chi connectivity index (χ3v) is 11.6. The van der Waals surface area contributed by atoms with E-state index in [1.165, 1.54) is 47.2 Å². The average Bonchev–Trinajstić information content (AvgIpc) is 2.91. The molecule has 0 radical (unpaired) electrons. The predicted molar refractivity (Wildman–Crippen MR) is 151 cm³/mol. The first-order valence-corrected chi connectivity index (χ1v) is 14.9. The first-order valence-electron chi connectivity index (χ1n) is 12.7. The van der Waals surface area contributed by atoms with Gasteiger partial charge in [0.15, 0.2) is 0 Å². The number of benzene rings is 4. The molecule has 2 heteroatoms. The molecule has 0 spiro atoms. The zero-order valence-corrected chi connectivity index (χ0v) is 21.3. The fourth-order valence-corrected chi connectivity index (χ4v) is 9.70. The number of para-hydroxylation sites is 1. The molecular formula is C32H37OP. The Labute approximate surface area is 206 Å². The Morgan fingerprint density at radius 3 is 1.53 bits per heavy atom. The molecule has 0 aromatic heterocycles. The SMILES string of the molecule is CCCCCCCOc1ccccc1C[PH](c1ccccc1)(c1ccccc1)c1ccccc1. The van der Waals surface area contributed by atoms with Crippen LogP contribution in [0.1, 0.15) is 44.6 Å². The van der Waals surface area contributed by atoms with Gasteiger partial charge in [-0.05, 0) is 0 Å². The van der Waals surface area contributed by atoms with Gasteiger partial charge in [-0.15, -0.1) is 0 Å². The molecular weight excluding hydrogens is 431 g/mol. The third kappa shape index (κ3) is 5.78. The van der Waals surface area contributed by atoms with Crippen LogP contribution >= 0.6 is 7.26 Å². The van der Waals surface area contributed by atoms with Gasteiger partial charge in [0.05, 0.1) is 0 Å². The van der Waals surface area contributed by atoms with Gasteiger partial charge in [0.2, 0.25) is 0 Å². The molecule has 0 fully saturated rings. The van der Waals surface area contributed by atoms with E-state index in [0.29, 0.717) is 0 Å². The van der Waals surface area contributed by atoms with Crippen molar-refractivity contribution in [1.29, 1.82) is 0 Å². The van der Waals surface area contributed by atoms with Crippen LogP contribution < -0.4 is 20.7 Å². The van der Waals surface area contributed by atoms with Gasteiger partial charge in [-0.2, -0.15) is 0 Å². The normalized spacial score (nSPS) is 11.8. The first kappa shape index (κ1) is 24.2. The molecule has 34 heavy (non-hydrogen) atoms. The van der Waals surface area contributed by atoms with Gasteiger partial charge < -0.3 is 0 Å². The minimum absolute atomic E-state index is 0.789. The van der Waals surface area contributed by atoms with E-state index >= 15 is 0 Å². The summed E-state index contributed by atoms with van der Waals surface area (Å²) in [6.07, 6.45) is 7.22. The monoisotopic (exact) mass is 468 g/mol. The summed E-state index contributed by atoms with van der Waals surface area (Å²) in [6.45, 7) is 3.05. The van der Waals surface area contributed by atoms with Crippen molar-refractivity contribution < 1.29 is 4.74 Å². The van der Waals surface area contributed by atoms with E-state index in [0.717, 1.165) is 24.9 Å². The second kappa shape index (κ2) is 12.5. The molecule has 0 atom stereocenters. The molecule has 176 valence electrons. The molecule has 0 aliphatic rings. The van der Waals surface area contributed by atoms with E-state index in [9.17, 15) is 0 Å². The summed E-state index contributed by atoms with van der Waals surface area (Å²) in [6, 6.07) is 42.1. The molecule has 0 bridgehead atoms. The van der Waals surface area contributed by atoms with Gasteiger partial charge in [0.1, 0.15) is 0 Å². The van der Waals surface area contributed by atoms with Gasteiger partial charge in [0, 0.05) is 0 Å².